The third kappa shape index (κ3) is 3.65. The van der Waals surface area contributed by atoms with E-state index in [4.69, 9.17) is 12.2 Å². The van der Waals surface area contributed by atoms with Crippen molar-refractivity contribution < 1.29 is 0 Å². The number of nitrogens with zero attached hydrogens (tertiary/aromatic N) is 6. The van der Waals surface area contributed by atoms with Gasteiger partial charge in [0.25, 0.3) is 0 Å². The van der Waals surface area contributed by atoms with Crippen molar-refractivity contribution in [3.05, 3.63) is 42.0 Å². The van der Waals surface area contributed by atoms with Gasteiger partial charge in [-0.15, -0.1) is 24.8 Å². The first-order valence-corrected chi connectivity index (χ1v) is 8.76. The van der Waals surface area contributed by atoms with Gasteiger partial charge < -0.3 is 9.55 Å². The van der Waals surface area contributed by atoms with E-state index in [0.717, 1.165) is 52.0 Å². The molecule has 3 aromatic heterocycles. The summed E-state index contributed by atoms with van der Waals surface area (Å²) in [5.74, 6) is 0.857. The van der Waals surface area contributed by atoms with E-state index in [1.54, 1.807) is 18.9 Å². The highest BCUT2D eigenvalue weighted by molar-refractivity contribution is 7.71. The molecule has 1 aromatic carbocycles. The van der Waals surface area contributed by atoms with Crippen LogP contribution in [-0.2, 0) is 6.54 Å². The van der Waals surface area contributed by atoms with E-state index in [1.807, 2.05) is 10.9 Å². The fourth-order valence-electron chi connectivity index (χ4n) is 3.15. The largest absolute Gasteiger partial charge is 0.331 e. The van der Waals surface area contributed by atoms with Crippen molar-refractivity contribution >= 4 is 64.8 Å². The summed E-state index contributed by atoms with van der Waals surface area (Å²) in [6.07, 6.45) is 8.07. The van der Waals surface area contributed by atoms with Gasteiger partial charge in [-0.2, -0.15) is 0 Å². The molecule has 0 spiro atoms. The summed E-state index contributed by atoms with van der Waals surface area (Å²) in [7, 11) is 0. The number of nitrogens with one attached hydrogen (secondary N) is 1. The third-order valence-corrected chi connectivity index (χ3v) is 4.60. The average Bonchev–Trinajstić information content (AvgIpc) is 3.24. The van der Waals surface area contributed by atoms with Gasteiger partial charge in [-0.25, -0.2) is 19.6 Å². The van der Waals surface area contributed by atoms with Gasteiger partial charge in [0.2, 0.25) is 0 Å². The van der Waals surface area contributed by atoms with E-state index in [0.29, 0.717) is 0 Å². The zero-order valence-corrected chi connectivity index (χ0v) is 17.4. The molecule has 0 saturated carbocycles. The van der Waals surface area contributed by atoms with Gasteiger partial charge in [-0.05, 0) is 37.7 Å². The number of halogens is 2. The zero-order chi connectivity index (χ0) is 17.4. The summed E-state index contributed by atoms with van der Waals surface area (Å²) in [6, 6.07) is 4.16. The molecular weight excluding hydrogens is 405 g/mol. The van der Waals surface area contributed by atoms with Gasteiger partial charge >= 0.3 is 0 Å². The lowest BCUT2D eigenvalue weighted by Gasteiger charge is -2.24. The Morgan fingerprint density at radius 1 is 1.19 bits per heavy atom. The first-order chi connectivity index (χ1) is 12.2. The SMILES string of the molecule is CCCN(c1ncnc2cc3c(cc12)[nH]c(=S)n3CC)n1ccnc1.Cl.Cl. The van der Waals surface area contributed by atoms with E-state index in [2.05, 4.69) is 55.5 Å². The number of aromatic nitrogens is 6. The van der Waals surface area contributed by atoms with Crippen LogP contribution in [0, 0.1) is 4.77 Å². The molecule has 4 rings (SSSR count). The number of anilines is 1. The Morgan fingerprint density at radius 2 is 2.00 bits per heavy atom. The summed E-state index contributed by atoms with van der Waals surface area (Å²) < 4.78 is 4.75. The maximum atomic E-state index is 5.43. The average molecular weight is 426 g/mol. The van der Waals surface area contributed by atoms with Crippen molar-refractivity contribution in [1.82, 2.24) is 29.2 Å². The molecule has 0 bridgehead atoms. The van der Waals surface area contributed by atoms with Gasteiger partial charge in [0.1, 0.15) is 12.7 Å². The van der Waals surface area contributed by atoms with Crippen molar-refractivity contribution in [2.45, 2.75) is 26.8 Å². The van der Waals surface area contributed by atoms with Crippen LogP contribution in [0.2, 0.25) is 0 Å². The normalized spacial score (nSPS) is 10.6. The minimum Gasteiger partial charge on any atom is -0.331 e. The minimum absolute atomic E-state index is 0. The number of imidazole rings is 2. The molecule has 3 heterocycles. The van der Waals surface area contributed by atoms with Gasteiger partial charge in [0.05, 0.1) is 16.6 Å². The van der Waals surface area contributed by atoms with Gasteiger partial charge in [0.15, 0.2) is 10.6 Å². The molecule has 0 aliphatic carbocycles. The molecule has 0 unspecified atom stereocenters. The van der Waals surface area contributed by atoms with Crippen molar-refractivity contribution in [3.63, 3.8) is 0 Å². The van der Waals surface area contributed by atoms with Crippen LogP contribution in [0.25, 0.3) is 21.9 Å². The van der Waals surface area contributed by atoms with Crippen LogP contribution in [0.5, 0.6) is 0 Å². The van der Waals surface area contributed by atoms with Crippen molar-refractivity contribution in [2.24, 2.45) is 0 Å². The molecule has 0 fully saturated rings. The molecule has 0 aliphatic rings. The number of H-pyrrole nitrogens is 1. The fraction of sp³-hybridized carbons (Fsp3) is 0.294. The Kier molecular flexibility index (Phi) is 6.80. The Morgan fingerprint density at radius 3 is 2.67 bits per heavy atom. The lowest BCUT2D eigenvalue weighted by atomic mass is 10.2. The highest BCUT2D eigenvalue weighted by atomic mass is 35.5. The van der Waals surface area contributed by atoms with Crippen molar-refractivity contribution in [2.75, 3.05) is 11.6 Å². The van der Waals surface area contributed by atoms with E-state index in [1.165, 1.54) is 0 Å². The highest BCUT2D eigenvalue weighted by Crippen LogP contribution is 2.28. The number of rotatable bonds is 5. The van der Waals surface area contributed by atoms with Crippen LogP contribution in [0.4, 0.5) is 5.82 Å². The molecule has 4 aromatic rings. The summed E-state index contributed by atoms with van der Waals surface area (Å²) in [6.45, 7) is 5.87. The first kappa shape index (κ1) is 21.1. The molecule has 0 aliphatic heterocycles. The number of fused-ring (bicyclic) bond motifs is 2. The Balaban J connectivity index is 0.00000131. The van der Waals surface area contributed by atoms with Crippen LogP contribution in [0.15, 0.2) is 37.2 Å². The second kappa shape index (κ2) is 8.69. The molecule has 0 radical (unpaired) electrons. The smallest absolute Gasteiger partial charge is 0.178 e. The first-order valence-electron chi connectivity index (χ1n) is 8.36. The number of aromatic amines is 1. The van der Waals surface area contributed by atoms with E-state index in [-0.39, 0.29) is 24.8 Å². The van der Waals surface area contributed by atoms with Crippen LogP contribution in [-0.4, -0.2) is 35.7 Å². The number of aryl methyl sites for hydroxylation is 1. The number of benzene rings is 1. The van der Waals surface area contributed by atoms with Crippen molar-refractivity contribution in [3.8, 4) is 0 Å². The summed E-state index contributed by atoms with van der Waals surface area (Å²) >= 11 is 5.43. The maximum absolute atomic E-state index is 5.43. The Labute approximate surface area is 174 Å². The second-order valence-electron chi connectivity index (χ2n) is 5.82. The fourth-order valence-corrected chi connectivity index (χ4v) is 3.49. The molecule has 27 heavy (non-hydrogen) atoms. The quantitative estimate of drug-likeness (QED) is 0.480. The van der Waals surface area contributed by atoms with E-state index >= 15 is 0 Å². The lowest BCUT2D eigenvalue weighted by Crippen LogP contribution is -2.30. The third-order valence-electron chi connectivity index (χ3n) is 4.27. The molecule has 0 atom stereocenters. The number of hydrogen-bond donors (Lipinski definition) is 1. The zero-order valence-electron chi connectivity index (χ0n) is 15.0. The summed E-state index contributed by atoms with van der Waals surface area (Å²) in [4.78, 5) is 16.5. The minimum atomic E-state index is 0. The molecule has 0 amide bonds. The second-order valence-corrected chi connectivity index (χ2v) is 6.21. The van der Waals surface area contributed by atoms with Gasteiger partial charge in [0, 0.05) is 30.9 Å². The highest BCUT2D eigenvalue weighted by Gasteiger charge is 2.15. The van der Waals surface area contributed by atoms with E-state index < -0.39 is 0 Å². The van der Waals surface area contributed by atoms with Gasteiger partial charge in [-0.1, -0.05) is 6.92 Å². The molecule has 10 heteroatoms. The van der Waals surface area contributed by atoms with Crippen LogP contribution >= 0.6 is 37.0 Å². The van der Waals surface area contributed by atoms with Gasteiger partial charge in [-0.3, -0.25) is 5.01 Å². The summed E-state index contributed by atoms with van der Waals surface area (Å²) in [5, 5.41) is 3.09. The molecule has 0 saturated heterocycles. The Bertz CT molecular complexity index is 1090. The lowest BCUT2D eigenvalue weighted by molar-refractivity contribution is 0.667. The maximum Gasteiger partial charge on any atom is 0.178 e. The predicted molar refractivity (Wildman–Crippen MR) is 116 cm³/mol. The Hall–Kier alpha value is -2.16. The molecule has 7 nitrogen and oxygen atoms in total. The standard InChI is InChI=1S/C17H19N7S.2ClH/c1-3-6-24(22-7-5-18-11-22)16-12-8-14-15(9-13(12)19-10-20-16)23(4-2)17(25)21-14;;/h5,7-11H,3-4,6H2,1-2H3,(H,21,25);2*1H. The summed E-state index contributed by atoms with van der Waals surface area (Å²) in [5.41, 5.74) is 2.96. The molecule has 1 N–H and O–H groups in total. The van der Waals surface area contributed by atoms with E-state index in [9.17, 15) is 0 Å². The molecule has 144 valence electrons. The van der Waals surface area contributed by atoms with Crippen LogP contribution < -0.4 is 5.01 Å². The number of hydrogen-bond acceptors (Lipinski definition) is 5. The van der Waals surface area contributed by atoms with Crippen LogP contribution in [0.3, 0.4) is 0 Å². The molecular formula is C17H21Cl2N7S. The predicted octanol–water partition coefficient (Wildman–Crippen LogP) is 4.38. The van der Waals surface area contributed by atoms with Crippen LogP contribution in [0.1, 0.15) is 20.3 Å². The monoisotopic (exact) mass is 425 g/mol. The topological polar surface area (TPSA) is 67.6 Å². The van der Waals surface area contributed by atoms with Crippen molar-refractivity contribution in [1.29, 1.82) is 0 Å².